The Labute approximate surface area is 116 Å². The monoisotopic (exact) mass is 275 g/mol. The second-order valence-corrected chi connectivity index (χ2v) is 5.98. The second kappa shape index (κ2) is 4.41. The lowest BCUT2D eigenvalue weighted by Crippen LogP contribution is -2.58. The first-order chi connectivity index (χ1) is 9.72. The number of fused-ring (bicyclic) bond motifs is 1. The van der Waals surface area contributed by atoms with E-state index in [1.54, 1.807) is 6.07 Å². The molecular formula is C14H18FN5. The van der Waals surface area contributed by atoms with Crippen LogP contribution in [0.3, 0.4) is 0 Å². The molecule has 1 saturated carbocycles. The summed E-state index contributed by atoms with van der Waals surface area (Å²) >= 11 is 0. The van der Waals surface area contributed by atoms with Crippen LogP contribution in [0.25, 0.3) is 5.65 Å². The molecule has 4 rings (SSSR count). The third-order valence-electron chi connectivity index (χ3n) is 4.57. The minimum Gasteiger partial charge on any atom is -0.350 e. The maximum Gasteiger partial charge on any atom is 0.243 e. The molecule has 1 saturated heterocycles. The van der Waals surface area contributed by atoms with E-state index in [1.807, 2.05) is 0 Å². The van der Waals surface area contributed by atoms with E-state index in [-0.39, 0.29) is 5.82 Å². The number of anilines is 1. The molecule has 1 aliphatic heterocycles. The van der Waals surface area contributed by atoms with E-state index in [0.29, 0.717) is 23.2 Å². The minimum atomic E-state index is -0.302. The van der Waals surface area contributed by atoms with Gasteiger partial charge in [-0.2, -0.15) is 4.98 Å². The average molecular weight is 275 g/mol. The molecule has 1 spiro atoms. The summed E-state index contributed by atoms with van der Waals surface area (Å²) in [4.78, 5) is 4.39. The molecular weight excluding hydrogens is 257 g/mol. The van der Waals surface area contributed by atoms with Gasteiger partial charge in [-0.1, -0.05) is 0 Å². The van der Waals surface area contributed by atoms with Crippen molar-refractivity contribution >= 4 is 11.6 Å². The predicted molar refractivity (Wildman–Crippen MR) is 74.2 cm³/mol. The fraction of sp³-hybridized carbons (Fsp3) is 0.571. The van der Waals surface area contributed by atoms with Crippen LogP contribution >= 0.6 is 0 Å². The molecule has 106 valence electrons. The SMILES string of the molecule is Fc1ccc2nc(NC3CCNC4(CCC4)C3)nn2c1. The number of rotatable bonds is 2. The van der Waals surface area contributed by atoms with Gasteiger partial charge in [-0.3, -0.25) is 0 Å². The Hall–Kier alpha value is -1.69. The van der Waals surface area contributed by atoms with E-state index >= 15 is 0 Å². The van der Waals surface area contributed by atoms with Crippen LogP contribution in [-0.4, -0.2) is 32.7 Å². The second-order valence-electron chi connectivity index (χ2n) is 5.98. The molecule has 5 nitrogen and oxygen atoms in total. The summed E-state index contributed by atoms with van der Waals surface area (Å²) in [6, 6.07) is 3.45. The molecule has 2 fully saturated rings. The number of aromatic nitrogens is 3. The molecule has 2 aromatic rings. The Bertz CT molecular complexity index is 634. The van der Waals surface area contributed by atoms with Gasteiger partial charge in [-0.15, -0.1) is 5.10 Å². The summed E-state index contributed by atoms with van der Waals surface area (Å²) < 4.78 is 14.6. The smallest absolute Gasteiger partial charge is 0.243 e. The highest BCUT2D eigenvalue weighted by atomic mass is 19.1. The highest BCUT2D eigenvalue weighted by Gasteiger charge is 2.41. The van der Waals surface area contributed by atoms with Gasteiger partial charge in [0, 0.05) is 11.6 Å². The van der Waals surface area contributed by atoms with Crippen LogP contribution in [0.15, 0.2) is 18.3 Å². The number of pyridine rings is 1. The van der Waals surface area contributed by atoms with E-state index in [2.05, 4.69) is 20.7 Å². The molecule has 6 heteroatoms. The number of nitrogens with one attached hydrogen (secondary N) is 2. The van der Waals surface area contributed by atoms with Crippen LogP contribution in [0.1, 0.15) is 32.1 Å². The number of hydrogen-bond acceptors (Lipinski definition) is 4. The Morgan fingerprint density at radius 3 is 3.10 bits per heavy atom. The van der Waals surface area contributed by atoms with Crippen LogP contribution in [0.2, 0.25) is 0 Å². The molecule has 2 aromatic heterocycles. The summed E-state index contributed by atoms with van der Waals surface area (Å²) in [6.07, 6.45) is 7.42. The third-order valence-corrected chi connectivity index (χ3v) is 4.57. The Morgan fingerprint density at radius 2 is 2.30 bits per heavy atom. The minimum absolute atomic E-state index is 0.302. The number of piperidine rings is 1. The van der Waals surface area contributed by atoms with E-state index in [4.69, 9.17) is 0 Å². The lowest BCUT2D eigenvalue weighted by molar-refractivity contribution is 0.135. The first-order valence-corrected chi connectivity index (χ1v) is 7.26. The van der Waals surface area contributed by atoms with E-state index in [9.17, 15) is 4.39 Å². The number of hydrogen-bond donors (Lipinski definition) is 2. The average Bonchev–Trinajstić information content (AvgIpc) is 2.78. The van der Waals surface area contributed by atoms with Gasteiger partial charge in [0.2, 0.25) is 5.95 Å². The fourth-order valence-electron chi connectivity index (χ4n) is 3.37. The first-order valence-electron chi connectivity index (χ1n) is 7.26. The lowest BCUT2D eigenvalue weighted by Gasteiger charge is -2.48. The summed E-state index contributed by atoms with van der Waals surface area (Å²) in [7, 11) is 0. The molecule has 2 N–H and O–H groups in total. The van der Waals surface area contributed by atoms with Crippen molar-refractivity contribution in [3.8, 4) is 0 Å². The maximum atomic E-state index is 13.1. The van der Waals surface area contributed by atoms with Crippen LogP contribution in [0.5, 0.6) is 0 Å². The van der Waals surface area contributed by atoms with Crippen molar-refractivity contribution in [2.75, 3.05) is 11.9 Å². The summed E-state index contributed by atoms with van der Waals surface area (Å²) in [5, 5.41) is 11.3. The molecule has 1 atom stereocenters. The zero-order chi connectivity index (χ0) is 13.6. The summed E-state index contributed by atoms with van der Waals surface area (Å²) in [6.45, 7) is 1.04. The van der Waals surface area contributed by atoms with Gasteiger partial charge in [0.05, 0.1) is 6.20 Å². The van der Waals surface area contributed by atoms with Crippen LogP contribution in [0.4, 0.5) is 10.3 Å². The quantitative estimate of drug-likeness (QED) is 0.879. The van der Waals surface area contributed by atoms with Gasteiger partial charge >= 0.3 is 0 Å². The highest BCUT2D eigenvalue weighted by Crippen LogP contribution is 2.38. The van der Waals surface area contributed by atoms with Gasteiger partial charge in [0.25, 0.3) is 0 Å². The van der Waals surface area contributed by atoms with E-state index in [1.165, 1.54) is 36.0 Å². The fourth-order valence-corrected chi connectivity index (χ4v) is 3.37. The highest BCUT2D eigenvalue weighted by molar-refractivity contribution is 5.43. The number of halogens is 1. The van der Waals surface area contributed by atoms with Gasteiger partial charge in [0.1, 0.15) is 5.82 Å². The topological polar surface area (TPSA) is 54.2 Å². The van der Waals surface area contributed by atoms with Crippen LogP contribution in [-0.2, 0) is 0 Å². The van der Waals surface area contributed by atoms with E-state index in [0.717, 1.165) is 19.4 Å². The normalized spacial score (nSPS) is 24.8. The van der Waals surface area contributed by atoms with Crippen molar-refractivity contribution in [3.63, 3.8) is 0 Å². The predicted octanol–water partition coefficient (Wildman–Crippen LogP) is 1.95. The van der Waals surface area contributed by atoms with Crippen molar-refractivity contribution in [2.24, 2.45) is 0 Å². The van der Waals surface area contributed by atoms with Crippen molar-refractivity contribution in [3.05, 3.63) is 24.1 Å². The van der Waals surface area contributed by atoms with Crippen LogP contribution < -0.4 is 10.6 Å². The Morgan fingerprint density at radius 1 is 1.40 bits per heavy atom. The van der Waals surface area contributed by atoms with Gasteiger partial charge < -0.3 is 10.6 Å². The van der Waals surface area contributed by atoms with Crippen molar-refractivity contribution in [2.45, 2.75) is 43.7 Å². The lowest BCUT2D eigenvalue weighted by atomic mass is 9.70. The first kappa shape index (κ1) is 12.1. The molecule has 1 unspecified atom stereocenters. The maximum absolute atomic E-state index is 13.1. The van der Waals surface area contributed by atoms with Crippen molar-refractivity contribution < 1.29 is 4.39 Å². The third kappa shape index (κ3) is 2.04. The van der Waals surface area contributed by atoms with Crippen LogP contribution in [0, 0.1) is 5.82 Å². The van der Waals surface area contributed by atoms with Gasteiger partial charge in [0.15, 0.2) is 5.65 Å². The molecule has 0 bridgehead atoms. The molecule has 0 amide bonds. The van der Waals surface area contributed by atoms with Crippen molar-refractivity contribution in [1.29, 1.82) is 0 Å². The Balaban J connectivity index is 1.52. The van der Waals surface area contributed by atoms with Crippen molar-refractivity contribution in [1.82, 2.24) is 19.9 Å². The summed E-state index contributed by atoms with van der Waals surface area (Å²) in [5.41, 5.74) is 1.02. The van der Waals surface area contributed by atoms with E-state index < -0.39 is 0 Å². The van der Waals surface area contributed by atoms with Gasteiger partial charge in [-0.25, -0.2) is 8.91 Å². The molecule has 1 aliphatic carbocycles. The zero-order valence-electron chi connectivity index (χ0n) is 11.3. The zero-order valence-corrected chi connectivity index (χ0v) is 11.3. The molecule has 20 heavy (non-hydrogen) atoms. The van der Waals surface area contributed by atoms with Gasteiger partial charge in [-0.05, 0) is 50.8 Å². The summed E-state index contributed by atoms with van der Waals surface area (Å²) in [5.74, 6) is 0.293. The standard InChI is InChI=1S/C14H18FN5/c15-10-2-3-12-18-13(19-20(12)9-10)17-11-4-7-16-14(8-11)5-1-6-14/h2-3,9,11,16H,1,4-8H2,(H,17,19). The molecule has 2 aliphatic rings. The largest absolute Gasteiger partial charge is 0.350 e. The molecule has 0 aromatic carbocycles. The molecule has 0 radical (unpaired) electrons. The molecule has 3 heterocycles. The number of nitrogens with zero attached hydrogens (tertiary/aromatic N) is 3. The Kier molecular flexibility index (Phi) is 2.66.